The highest BCUT2D eigenvalue weighted by atomic mass is 16.2. The number of anilines is 3. The second-order valence-corrected chi connectivity index (χ2v) is 8.26. The van der Waals surface area contributed by atoms with Gasteiger partial charge in [0.2, 0.25) is 11.9 Å². The van der Waals surface area contributed by atoms with E-state index in [1.807, 2.05) is 33.7 Å². The standard InChI is InChI=1S/C23H23N11O/c35-19-6-3-9-33(19)10-11-34-14-27-20-21(25-12-18-28-15-4-1-2-5-16(15)29-18)31-23(32-22(20)34)30-17-7-8-24-13-26-17/h1-2,4-5,7-8,13-14H,3,6,9-12H2,(H,28,29)(H2,24,25,26,30,31,32). The molecule has 3 N–H and O–H groups in total. The molecule has 35 heavy (non-hydrogen) atoms. The predicted molar refractivity (Wildman–Crippen MR) is 130 cm³/mol. The Morgan fingerprint density at radius 2 is 2.00 bits per heavy atom. The Hall–Kier alpha value is -4.61. The number of imidazole rings is 2. The highest BCUT2D eigenvalue weighted by Gasteiger charge is 2.21. The monoisotopic (exact) mass is 469 g/mol. The molecule has 0 unspecified atom stereocenters. The Morgan fingerprint density at radius 1 is 1.06 bits per heavy atom. The fraction of sp³-hybridized carbons (Fsp3) is 0.261. The van der Waals surface area contributed by atoms with Crippen LogP contribution in [0.15, 0.2) is 49.2 Å². The third kappa shape index (κ3) is 4.33. The smallest absolute Gasteiger partial charge is 0.232 e. The van der Waals surface area contributed by atoms with E-state index in [-0.39, 0.29) is 5.91 Å². The maximum atomic E-state index is 12.0. The minimum atomic E-state index is 0.198. The molecule has 0 aliphatic carbocycles. The highest BCUT2D eigenvalue weighted by Crippen LogP contribution is 2.23. The lowest BCUT2D eigenvalue weighted by Gasteiger charge is -2.16. The molecule has 1 saturated heterocycles. The average Bonchev–Trinajstić information content (AvgIpc) is 3.60. The molecule has 0 bridgehead atoms. The number of aromatic nitrogens is 8. The molecule has 4 aromatic heterocycles. The van der Waals surface area contributed by atoms with Gasteiger partial charge in [-0.15, -0.1) is 0 Å². The summed E-state index contributed by atoms with van der Waals surface area (Å²) in [4.78, 5) is 43.9. The summed E-state index contributed by atoms with van der Waals surface area (Å²) >= 11 is 0. The number of hydrogen-bond donors (Lipinski definition) is 3. The van der Waals surface area contributed by atoms with Crippen molar-refractivity contribution in [3.05, 3.63) is 55.0 Å². The number of nitrogens with one attached hydrogen (secondary N) is 3. The zero-order valence-corrected chi connectivity index (χ0v) is 18.8. The first kappa shape index (κ1) is 21.0. The average molecular weight is 470 g/mol. The van der Waals surface area contributed by atoms with E-state index in [9.17, 15) is 4.79 Å². The third-order valence-corrected chi connectivity index (χ3v) is 5.93. The molecule has 5 heterocycles. The number of nitrogens with zero attached hydrogens (tertiary/aromatic N) is 8. The van der Waals surface area contributed by atoms with Crippen molar-refractivity contribution in [1.82, 2.24) is 44.4 Å². The van der Waals surface area contributed by atoms with Gasteiger partial charge in [-0.2, -0.15) is 9.97 Å². The van der Waals surface area contributed by atoms with Crippen molar-refractivity contribution in [3.63, 3.8) is 0 Å². The molecule has 1 amide bonds. The molecule has 1 aromatic carbocycles. The van der Waals surface area contributed by atoms with Gasteiger partial charge in [0, 0.05) is 32.3 Å². The summed E-state index contributed by atoms with van der Waals surface area (Å²) in [7, 11) is 0. The molecule has 12 nitrogen and oxygen atoms in total. The quantitative estimate of drug-likeness (QED) is 0.312. The molecule has 1 aliphatic rings. The molecular formula is C23H23N11O. The van der Waals surface area contributed by atoms with E-state index in [1.165, 1.54) is 6.33 Å². The van der Waals surface area contributed by atoms with Gasteiger partial charge in [-0.05, 0) is 24.6 Å². The molecule has 5 aromatic rings. The van der Waals surface area contributed by atoms with Crippen molar-refractivity contribution in [3.8, 4) is 0 Å². The van der Waals surface area contributed by atoms with Crippen molar-refractivity contribution in [2.75, 3.05) is 23.7 Å². The van der Waals surface area contributed by atoms with Crippen molar-refractivity contribution in [2.45, 2.75) is 25.9 Å². The molecule has 0 atom stereocenters. The van der Waals surface area contributed by atoms with Crippen LogP contribution in [0.4, 0.5) is 17.6 Å². The molecule has 0 spiro atoms. The number of H-pyrrole nitrogens is 1. The number of carbonyl (C=O) groups excluding carboxylic acids is 1. The Bertz CT molecular complexity index is 1460. The number of likely N-dealkylation sites (tertiary alicyclic amines) is 1. The summed E-state index contributed by atoms with van der Waals surface area (Å²) in [6.45, 7) is 2.44. The first-order valence-corrected chi connectivity index (χ1v) is 11.4. The second kappa shape index (κ2) is 8.97. The minimum Gasteiger partial charge on any atom is -0.361 e. The first-order valence-electron chi connectivity index (χ1n) is 11.4. The Balaban J connectivity index is 1.30. The lowest BCUT2D eigenvalue weighted by Crippen LogP contribution is -2.28. The van der Waals surface area contributed by atoms with Crippen LogP contribution >= 0.6 is 0 Å². The van der Waals surface area contributed by atoms with Crippen LogP contribution in [0.1, 0.15) is 18.7 Å². The zero-order chi connectivity index (χ0) is 23.6. The first-order chi connectivity index (χ1) is 17.2. The van der Waals surface area contributed by atoms with Gasteiger partial charge in [0.25, 0.3) is 0 Å². The van der Waals surface area contributed by atoms with Crippen LogP contribution in [0.3, 0.4) is 0 Å². The van der Waals surface area contributed by atoms with Gasteiger partial charge in [-0.25, -0.2) is 19.9 Å². The number of hydrogen-bond acceptors (Lipinski definition) is 9. The van der Waals surface area contributed by atoms with Crippen LogP contribution in [0.5, 0.6) is 0 Å². The molecule has 0 saturated carbocycles. The molecular weight excluding hydrogens is 446 g/mol. The summed E-state index contributed by atoms with van der Waals surface area (Å²) < 4.78 is 1.94. The normalized spacial score (nSPS) is 13.7. The maximum Gasteiger partial charge on any atom is 0.232 e. The summed E-state index contributed by atoms with van der Waals surface area (Å²) in [5.74, 6) is 2.51. The molecule has 6 rings (SSSR count). The fourth-order valence-electron chi connectivity index (χ4n) is 4.19. The maximum absolute atomic E-state index is 12.0. The Labute approximate surface area is 199 Å². The van der Waals surface area contributed by atoms with Crippen molar-refractivity contribution >= 4 is 45.7 Å². The van der Waals surface area contributed by atoms with Gasteiger partial charge < -0.3 is 25.1 Å². The van der Waals surface area contributed by atoms with E-state index >= 15 is 0 Å². The number of amides is 1. The van der Waals surface area contributed by atoms with E-state index in [1.54, 1.807) is 18.6 Å². The van der Waals surface area contributed by atoms with E-state index in [2.05, 4.69) is 40.5 Å². The molecule has 12 heteroatoms. The van der Waals surface area contributed by atoms with E-state index in [4.69, 9.17) is 4.98 Å². The van der Waals surface area contributed by atoms with Gasteiger partial charge in [-0.1, -0.05) is 12.1 Å². The summed E-state index contributed by atoms with van der Waals surface area (Å²) in [5.41, 5.74) is 3.19. The van der Waals surface area contributed by atoms with Crippen molar-refractivity contribution in [2.24, 2.45) is 0 Å². The lowest BCUT2D eigenvalue weighted by atomic mass is 10.3. The number of benzene rings is 1. The van der Waals surface area contributed by atoms with E-state index < -0.39 is 0 Å². The van der Waals surface area contributed by atoms with Crippen LogP contribution in [0.2, 0.25) is 0 Å². The SMILES string of the molecule is O=C1CCCN1CCn1cnc2c(NCc3nc4ccccc4[nH]3)nc(Nc3ccncn3)nc21. The van der Waals surface area contributed by atoms with Gasteiger partial charge in [0.05, 0.1) is 23.9 Å². The van der Waals surface area contributed by atoms with Crippen molar-refractivity contribution in [1.29, 1.82) is 0 Å². The number of rotatable bonds is 8. The fourth-order valence-corrected chi connectivity index (χ4v) is 4.19. The number of fused-ring (bicyclic) bond motifs is 2. The Morgan fingerprint density at radius 3 is 2.83 bits per heavy atom. The summed E-state index contributed by atoms with van der Waals surface area (Å²) in [6, 6.07) is 9.63. The minimum absolute atomic E-state index is 0.198. The summed E-state index contributed by atoms with van der Waals surface area (Å²) in [5, 5.41) is 6.49. The topological polar surface area (TPSA) is 142 Å². The zero-order valence-electron chi connectivity index (χ0n) is 18.8. The Kier molecular flexibility index (Phi) is 5.37. The molecule has 0 radical (unpaired) electrons. The summed E-state index contributed by atoms with van der Waals surface area (Å²) in [6.07, 6.45) is 6.37. The van der Waals surface area contributed by atoms with Gasteiger partial charge >= 0.3 is 0 Å². The van der Waals surface area contributed by atoms with E-state index in [0.717, 1.165) is 29.8 Å². The lowest BCUT2D eigenvalue weighted by molar-refractivity contribution is -0.127. The predicted octanol–water partition coefficient (Wildman–Crippen LogP) is 2.47. The van der Waals surface area contributed by atoms with Gasteiger partial charge in [-0.3, -0.25) is 4.79 Å². The molecule has 1 fully saturated rings. The number of carbonyl (C=O) groups is 1. The van der Waals surface area contributed by atoms with Crippen LogP contribution in [-0.4, -0.2) is 63.4 Å². The van der Waals surface area contributed by atoms with Crippen LogP contribution in [0, 0.1) is 0 Å². The number of para-hydroxylation sites is 2. The van der Waals surface area contributed by atoms with Gasteiger partial charge in [0.15, 0.2) is 17.0 Å². The molecule has 1 aliphatic heterocycles. The van der Waals surface area contributed by atoms with Crippen LogP contribution < -0.4 is 10.6 Å². The largest absolute Gasteiger partial charge is 0.361 e. The van der Waals surface area contributed by atoms with Crippen LogP contribution in [0.25, 0.3) is 22.2 Å². The van der Waals surface area contributed by atoms with Gasteiger partial charge in [0.1, 0.15) is 18.0 Å². The van der Waals surface area contributed by atoms with E-state index in [0.29, 0.717) is 54.8 Å². The molecule has 176 valence electrons. The highest BCUT2D eigenvalue weighted by molar-refractivity contribution is 5.85. The number of aromatic amines is 1. The van der Waals surface area contributed by atoms with Crippen molar-refractivity contribution < 1.29 is 4.79 Å². The second-order valence-electron chi connectivity index (χ2n) is 8.26. The van der Waals surface area contributed by atoms with Crippen LogP contribution in [-0.2, 0) is 17.9 Å². The third-order valence-electron chi connectivity index (χ3n) is 5.93.